The molecule has 7 heteroatoms. The second-order valence-corrected chi connectivity index (χ2v) is 7.44. The average Bonchev–Trinajstić information content (AvgIpc) is 3.33. The van der Waals surface area contributed by atoms with E-state index in [4.69, 9.17) is 20.8 Å². The first kappa shape index (κ1) is 25.0. The molecule has 0 spiro atoms. The molecule has 1 aromatic carbocycles. The van der Waals surface area contributed by atoms with Crippen molar-refractivity contribution in [2.45, 2.75) is 39.2 Å². The first-order valence-corrected chi connectivity index (χ1v) is 10.7. The number of ether oxygens (including phenoxy) is 1. The molecule has 0 amide bonds. The summed E-state index contributed by atoms with van der Waals surface area (Å²) in [4.78, 5) is 16.1. The van der Waals surface area contributed by atoms with Crippen LogP contribution in [0.15, 0.2) is 72.3 Å². The first-order valence-electron chi connectivity index (χ1n) is 10.3. The maximum Gasteiger partial charge on any atom is 0.327 e. The summed E-state index contributed by atoms with van der Waals surface area (Å²) in [5.74, 6) is 1.24. The summed E-state index contributed by atoms with van der Waals surface area (Å²) in [6.07, 6.45) is 6.75. The van der Waals surface area contributed by atoms with Crippen molar-refractivity contribution in [3.8, 4) is 5.75 Å². The number of benzene rings is 1. The Hall–Kier alpha value is -3.25. The van der Waals surface area contributed by atoms with Crippen LogP contribution in [0.3, 0.4) is 0 Å². The van der Waals surface area contributed by atoms with Gasteiger partial charge in [-0.05, 0) is 43.7 Å². The molecule has 0 radical (unpaired) electrons. The van der Waals surface area contributed by atoms with E-state index in [-0.39, 0.29) is 0 Å². The van der Waals surface area contributed by atoms with Gasteiger partial charge in [0.25, 0.3) is 0 Å². The van der Waals surface area contributed by atoms with Crippen LogP contribution in [-0.2, 0) is 24.1 Å². The van der Waals surface area contributed by atoms with Crippen LogP contribution >= 0.6 is 11.6 Å². The molecule has 3 rings (SSSR count). The van der Waals surface area contributed by atoms with Crippen molar-refractivity contribution in [1.29, 1.82) is 0 Å². The van der Waals surface area contributed by atoms with Crippen LogP contribution in [0.5, 0.6) is 5.75 Å². The molecule has 1 unspecified atom stereocenters. The lowest BCUT2D eigenvalue weighted by atomic mass is 10.1. The molecular formula is C25H29ClN2O4. The van der Waals surface area contributed by atoms with Crippen molar-refractivity contribution in [2.24, 2.45) is 0 Å². The van der Waals surface area contributed by atoms with Crippen molar-refractivity contribution in [2.75, 3.05) is 6.61 Å². The lowest BCUT2D eigenvalue weighted by molar-refractivity contribution is -0.140. The van der Waals surface area contributed by atoms with E-state index in [9.17, 15) is 9.90 Å². The third-order valence-electron chi connectivity index (χ3n) is 4.56. The van der Waals surface area contributed by atoms with E-state index in [1.54, 1.807) is 35.0 Å². The molecule has 170 valence electrons. The quantitative estimate of drug-likeness (QED) is 0.387. The summed E-state index contributed by atoms with van der Waals surface area (Å²) in [5, 5.41) is 9.94. The SMILES string of the molecule is C=CC.C=CCc1nc(CCOc2ccc(CC(C(=O)O)n3cccc3Cl)cc2)c(C)o1. The van der Waals surface area contributed by atoms with Gasteiger partial charge in [-0.25, -0.2) is 9.78 Å². The third-order valence-corrected chi connectivity index (χ3v) is 4.89. The Morgan fingerprint density at radius 2 is 2.00 bits per heavy atom. The summed E-state index contributed by atoms with van der Waals surface area (Å²) in [6.45, 7) is 11.3. The molecule has 2 heterocycles. The number of carbonyl (C=O) groups is 1. The van der Waals surface area contributed by atoms with Crippen molar-refractivity contribution in [1.82, 2.24) is 9.55 Å². The third kappa shape index (κ3) is 7.17. The van der Waals surface area contributed by atoms with Crippen molar-refractivity contribution in [3.63, 3.8) is 0 Å². The molecule has 2 aromatic heterocycles. The topological polar surface area (TPSA) is 77.5 Å². The molecule has 32 heavy (non-hydrogen) atoms. The summed E-state index contributed by atoms with van der Waals surface area (Å²) in [5.41, 5.74) is 1.77. The highest BCUT2D eigenvalue weighted by Crippen LogP contribution is 2.22. The zero-order valence-corrected chi connectivity index (χ0v) is 19.2. The van der Waals surface area contributed by atoms with Crippen molar-refractivity contribution < 1.29 is 19.1 Å². The van der Waals surface area contributed by atoms with E-state index in [2.05, 4.69) is 18.1 Å². The van der Waals surface area contributed by atoms with Gasteiger partial charge in [-0.3, -0.25) is 0 Å². The predicted molar refractivity (Wildman–Crippen MR) is 126 cm³/mol. The van der Waals surface area contributed by atoms with Gasteiger partial charge < -0.3 is 18.8 Å². The van der Waals surface area contributed by atoms with Gasteiger partial charge in [-0.1, -0.05) is 35.9 Å². The summed E-state index contributed by atoms with van der Waals surface area (Å²) < 4.78 is 12.9. The van der Waals surface area contributed by atoms with Gasteiger partial charge in [-0.2, -0.15) is 0 Å². The summed E-state index contributed by atoms with van der Waals surface area (Å²) >= 11 is 6.07. The van der Waals surface area contributed by atoms with Crippen molar-refractivity contribution >= 4 is 17.6 Å². The number of rotatable bonds is 10. The standard InChI is InChI=1S/C22H23ClN2O4.C3H6/c1-3-5-21-24-18(15(2)29-21)11-13-28-17-9-7-16(8-10-17)14-19(22(26)27)25-12-4-6-20(25)23;1-3-2/h3-4,6-10,12,19H,1,5,11,13-14H2,2H3,(H,26,27);3H,1H2,2H3. The van der Waals surface area contributed by atoms with Gasteiger partial charge >= 0.3 is 5.97 Å². The van der Waals surface area contributed by atoms with E-state index >= 15 is 0 Å². The average molecular weight is 457 g/mol. The van der Waals surface area contributed by atoms with E-state index in [1.807, 2.05) is 38.1 Å². The summed E-state index contributed by atoms with van der Waals surface area (Å²) in [6, 6.07) is 10.1. The van der Waals surface area contributed by atoms with E-state index in [0.717, 1.165) is 17.0 Å². The number of hydrogen-bond acceptors (Lipinski definition) is 4. The van der Waals surface area contributed by atoms with Crippen LogP contribution in [0.4, 0.5) is 0 Å². The monoisotopic (exact) mass is 456 g/mol. The Morgan fingerprint density at radius 3 is 2.56 bits per heavy atom. The maximum absolute atomic E-state index is 11.6. The second-order valence-electron chi connectivity index (χ2n) is 7.05. The van der Waals surface area contributed by atoms with E-state index in [0.29, 0.717) is 42.7 Å². The number of aromatic nitrogens is 2. The fourth-order valence-electron chi connectivity index (χ4n) is 3.07. The van der Waals surface area contributed by atoms with Crippen LogP contribution in [-0.4, -0.2) is 27.2 Å². The number of halogens is 1. The molecule has 1 atom stereocenters. The highest BCUT2D eigenvalue weighted by atomic mass is 35.5. The number of hydrogen-bond donors (Lipinski definition) is 1. The minimum absolute atomic E-state index is 0.328. The number of carboxylic acid groups (broad SMARTS) is 1. The number of aryl methyl sites for hydroxylation is 1. The molecule has 3 aromatic rings. The Kier molecular flexibility index (Phi) is 9.82. The lowest BCUT2D eigenvalue weighted by Crippen LogP contribution is -2.20. The number of allylic oxidation sites excluding steroid dienone is 2. The van der Waals surface area contributed by atoms with Gasteiger partial charge in [0.2, 0.25) is 0 Å². The van der Waals surface area contributed by atoms with Crippen LogP contribution in [0, 0.1) is 6.92 Å². The fraction of sp³-hybridized carbons (Fsp3) is 0.280. The Labute approximate surface area is 193 Å². The van der Waals surface area contributed by atoms with Gasteiger partial charge in [0.1, 0.15) is 22.7 Å². The van der Waals surface area contributed by atoms with Gasteiger partial charge in [-0.15, -0.1) is 13.2 Å². The zero-order chi connectivity index (χ0) is 23.5. The van der Waals surface area contributed by atoms with E-state index < -0.39 is 12.0 Å². The molecule has 0 aliphatic carbocycles. The number of oxazole rings is 1. The summed E-state index contributed by atoms with van der Waals surface area (Å²) in [7, 11) is 0. The normalized spacial score (nSPS) is 11.2. The van der Waals surface area contributed by atoms with Crippen LogP contribution < -0.4 is 4.74 Å². The predicted octanol–water partition coefficient (Wildman–Crippen LogP) is 5.85. The van der Waals surface area contributed by atoms with Gasteiger partial charge in [0.15, 0.2) is 5.89 Å². The number of nitrogens with zero attached hydrogens (tertiary/aromatic N) is 2. The molecule has 0 bridgehead atoms. The molecule has 0 saturated carbocycles. The first-order chi connectivity index (χ1) is 15.4. The molecule has 1 N–H and O–H groups in total. The molecule has 0 saturated heterocycles. The molecule has 0 fully saturated rings. The molecule has 6 nitrogen and oxygen atoms in total. The number of carboxylic acids is 1. The highest BCUT2D eigenvalue weighted by molar-refractivity contribution is 6.29. The van der Waals surface area contributed by atoms with Crippen LogP contribution in [0.25, 0.3) is 0 Å². The van der Waals surface area contributed by atoms with E-state index in [1.165, 1.54) is 0 Å². The van der Waals surface area contributed by atoms with Crippen molar-refractivity contribution in [3.05, 3.63) is 96.0 Å². The smallest absolute Gasteiger partial charge is 0.327 e. The zero-order valence-electron chi connectivity index (χ0n) is 18.5. The van der Waals surface area contributed by atoms with Gasteiger partial charge in [0.05, 0.1) is 12.3 Å². The molecular weight excluding hydrogens is 428 g/mol. The largest absolute Gasteiger partial charge is 0.493 e. The molecule has 0 aliphatic heterocycles. The van der Waals surface area contributed by atoms with Crippen LogP contribution in [0.1, 0.15) is 35.9 Å². The Bertz CT molecular complexity index is 1020. The van der Waals surface area contributed by atoms with Crippen LogP contribution in [0.2, 0.25) is 5.15 Å². The molecule has 0 aliphatic rings. The minimum atomic E-state index is -0.928. The Balaban J connectivity index is 0.00000114. The Morgan fingerprint density at radius 1 is 1.31 bits per heavy atom. The highest BCUT2D eigenvalue weighted by Gasteiger charge is 2.21. The maximum atomic E-state index is 11.6. The second kappa shape index (κ2) is 12.6. The minimum Gasteiger partial charge on any atom is -0.493 e. The number of aliphatic carboxylic acids is 1. The lowest BCUT2D eigenvalue weighted by Gasteiger charge is -2.16. The fourth-order valence-corrected chi connectivity index (χ4v) is 3.32. The van der Waals surface area contributed by atoms with Gasteiger partial charge in [0, 0.05) is 25.5 Å².